The van der Waals surface area contributed by atoms with Gasteiger partial charge in [0, 0.05) is 18.8 Å². The van der Waals surface area contributed by atoms with Crippen LogP contribution in [0.4, 0.5) is 10.1 Å². The zero-order valence-electron chi connectivity index (χ0n) is 14.9. The van der Waals surface area contributed by atoms with E-state index >= 15 is 0 Å². The van der Waals surface area contributed by atoms with Crippen LogP contribution < -0.4 is 10.3 Å². The van der Waals surface area contributed by atoms with E-state index in [0.717, 1.165) is 23.4 Å². The van der Waals surface area contributed by atoms with Crippen molar-refractivity contribution >= 4 is 17.8 Å². The molecule has 0 saturated heterocycles. The number of anilines is 1. The number of hydrogen-bond acceptors (Lipinski definition) is 4. The highest BCUT2D eigenvalue weighted by molar-refractivity contribution is 5.95. The zero-order chi connectivity index (χ0) is 18.9. The number of carbonyl (C=O) groups excluding carboxylic acids is 1. The van der Waals surface area contributed by atoms with Crippen LogP contribution in [-0.4, -0.2) is 25.2 Å². The van der Waals surface area contributed by atoms with Gasteiger partial charge in [-0.1, -0.05) is 18.2 Å². The van der Waals surface area contributed by atoms with Crippen LogP contribution in [-0.2, 0) is 0 Å². The summed E-state index contributed by atoms with van der Waals surface area (Å²) in [6, 6.07) is 13.8. The monoisotopic (exact) mass is 352 g/mol. The van der Waals surface area contributed by atoms with Crippen LogP contribution >= 0.6 is 0 Å². The molecule has 2 aromatic rings. The Labute approximate surface area is 152 Å². The standard InChI is InChI=1S/C20H21FN4O/c1-3-25(12-6-11-22)17-10-9-16(15(2)13-17)14-23-24-20(26)18-7-4-5-8-19(18)21/h4-5,7-10,13-14H,3,6,12H2,1-2H3,(H,24,26)/b23-14-. The van der Waals surface area contributed by atoms with Crippen molar-refractivity contribution in [2.24, 2.45) is 5.10 Å². The molecule has 26 heavy (non-hydrogen) atoms. The van der Waals surface area contributed by atoms with Crippen molar-refractivity contribution in [2.75, 3.05) is 18.0 Å². The molecule has 0 aliphatic carbocycles. The fourth-order valence-electron chi connectivity index (χ4n) is 2.52. The van der Waals surface area contributed by atoms with Crippen LogP contribution in [0.15, 0.2) is 47.6 Å². The highest BCUT2D eigenvalue weighted by Gasteiger charge is 2.09. The Hall–Kier alpha value is -3.20. The summed E-state index contributed by atoms with van der Waals surface area (Å²) < 4.78 is 13.6. The van der Waals surface area contributed by atoms with Crippen LogP contribution in [0.3, 0.4) is 0 Å². The molecule has 1 N–H and O–H groups in total. The zero-order valence-corrected chi connectivity index (χ0v) is 14.9. The number of nitrogens with zero attached hydrogens (tertiary/aromatic N) is 3. The summed E-state index contributed by atoms with van der Waals surface area (Å²) in [6.45, 7) is 5.48. The minimum atomic E-state index is -0.595. The highest BCUT2D eigenvalue weighted by atomic mass is 19.1. The number of rotatable bonds is 7. The van der Waals surface area contributed by atoms with E-state index in [1.54, 1.807) is 6.07 Å². The van der Waals surface area contributed by atoms with Crippen LogP contribution in [0.5, 0.6) is 0 Å². The average Bonchev–Trinajstić information content (AvgIpc) is 2.64. The molecule has 0 unspecified atom stereocenters. The highest BCUT2D eigenvalue weighted by Crippen LogP contribution is 2.18. The molecule has 0 radical (unpaired) electrons. The first kappa shape index (κ1) is 19.1. The number of nitriles is 1. The summed E-state index contributed by atoms with van der Waals surface area (Å²) in [5, 5.41) is 12.7. The minimum Gasteiger partial charge on any atom is -0.371 e. The van der Waals surface area contributed by atoms with Crippen molar-refractivity contribution in [1.29, 1.82) is 5.26 Å². The number of hydrogen-bond donors (Lipinski definition) is 1. The van der Waals surface area contributed by atoms with Crippen LogP contribution in [0.2, 0.25) is 0 Å². The van der Waals surface area contributed by atoms with E-state index in [-0.39, 0.29) is 5.56 Å². The van der Waals surface area contributed by atoms with Gasteiger partial charge in [0.05, 0.1) is 24.3 Å². The van der Waals surface area contributed by atoms with Gasteiger partial charge in [-0.05, 0) is 49.2 Å². The predicted octanol–water partition coefficient (Wildman–Crippen LogP) is 3.64. The van der Waals surface area contributed by atoms with Crippen molar-refractivity contribution in [3.8, 4) is 6.07 Å². The largest absolute Gasteiger partial charge is 0.371 e. The van der Waals surface area contributed by atoms with Gasteiger partial charge in [-0.15, -0.1) is 0 Å². The normalized spacial score (nSPS) is 10.5. The third-order valence-electron chi connectivity index (χ3n) is 3.98. The van der Waals surface area contributed by atoms with E-state index in [1.807, 2.05) is 32.0 Å². The van der Waals surface area contributed by atoms with Crippen LogP contribution in [0.25, 0.3) is 0 Å². The lowest BCUT2D eigenvalue weighted by molar-refractivity contribution is 0.0951. The van der Waals surface area contributed by atoms with E-state index in [4.69, 9.17) is 5.26 Å². The van der Waals surface area contributed by atoms with Crippen molar-refractivity contribution in [3.05, 3.63) is 65.0 Å². The summed E-state index contributed by atoms with van der Waals surface area (Å²) in [5.74, 6) is -1.18. The number of nitrogens with one attached hydrogen (secondary N) is 1. The van der Waals surface area contributed by atoms with Gasteiger partial charge in [0.15, 0.2) is 0 Å². The van der Waals surface area contributed by atoms with Gasteiger partial charge in [-0.25, -0.2) is 9.82 Å². The third-order valence-corrected chi connectivity index (χ3v) is 3.98. The van der Waals surface area contributed by atoms with E-state index in [0.29, 0.717) is 13.0 Å². The number of benzene rings is 2. The Morgan fingerprint density at radius 2 is 2.12 bits per heavy atom. The molecule has 0 bridgehead atoms. The molecule has 0 saturated carbocycles. The Morgan fingerprint density at radius 1 is 1.35 bits per heavy atom. The summed E-state index contributed by atoms with van der Waals surface area (Å²) >= 11 is 0. The van der Waals surface area contributed by atoms with Crippen molar-refractivity contribution in [1.82, 2.24) is 5.43 Å². The van der Waals surface area contributed by atoms with E-state index in [2.05, 4.69) is 21.5 Å². The van der Waals surface area contributed by atoms with E-state index < -0.39 is 11.7 Å². The Kier molecular flexibility index (Phi) is 6.86. The topological polar surface area (TPSA) is 68.5 Å². The quantitative estimate of drug-likeness (QED) is 0.611. The molecule has 2 rings (SSSR count). The van der Waals surface area contributed by atoms with Gasteiger partial charge in [-0.2, -0.15) is 10.4 Å². The molecule has 0 atom stereocenters. The molecule has 6 heteroatoms. The third kappa shape index (κ3) is 4.90. The van der Waals surface area contributed by atoms with Gasteiger partial charge in [0.2, 0.25) is 0 Å². The summed E-state index contributed by atoms with van der Waals surface area (Å²) in [6.07, 6.45) is 2.00. The molecule has 2 aromatic carbocycles. The van der Waals surface area contributed by atoms with Gasteiger partial charge in [0.1, 0.15) is 5.82 Å². The van der Waals surface area contributed by atoms with Gasteiger partial charge >= 0.3 is 0 Å². The number of aryl methyl sites for hydroxylation is 1. The van der Waals surface area contributed by atoms with Crippen LogP contribution in [0.1, 0.15) is 34.8 Å². The molecule has 0 aromatic heterocycles. The number of hydrazone groups is 1. The maximum absolute atomic E-state index is 13.6. The van der Waals surface area contributed by atoms with Crippen molar-refractivity contribution in [3.63, 3.8) is 0 Å². The second kappa shape index (κ2) is 9.33. The second-order valence-electron chi connectivity index (χ2n) is 5.71. The van der Waals surface area contributed by atoms with Crippen LogP contribution in [0, 0.1) is 24.1 Å². The fraction of sp³-hybridized carbons (Fsp3) is 0.250. The maximum atomic E-state index is 13.6. The molecule has 5 nitrogen and oxygen atoms in total. The van der Waals surface area contributed by atoms with Gasteiger partial charge < -0.3 is 4.90 Å². The summed E-state index contributed by atoms with van der Waals surface area (Å²) in [4.78, 5) is 14.0. The Bertz CT molecular complexity index is 842. The molecular formula is C20H21FN4O. The molecule has 134 valence electrons. The van der Waals surface area contributed by atoms with Gasteiger partial charge in [-0.3, -0.25) is 4.79 Å². The Balaban J connectivity index is 2.05. The molecule has 1 amide bonds. The maximum Gasteiger partial charge on any atom is 0.274 e. The first-order valence-electron chi connectivity index (χ1n) is 8.37. The van der Waals surface area contributed by atoms with E-state index in [9.17, 15) is 9.18 Å². The minimum absolute atomic E-state index is 0.0483. The SMILES string of the molecule is CCN(CCC#N)c1ccc(/C=N\NC(=O)c2ccccc2F)c(C)c1. The molecule has 0 aliphatic rings. The van der Waals surface area contributed by atoms with Crippen molar-refractivity contribution < 1.29 is 9.18 Å². The van der Waals surface area contributed by atoms with E-state index in [1.165, 1.54) is 24.4 Å². The lowest BCUT2D eigenvalue weighted by atomic mass is 10.1. The smallest absolute Gasteiger partial charge is 0.274 e. The fourth-order valence-corrected chi connectivity index (χ4v) is 2.52. The van der Waals surface area contributed by atoms with Crippen molar-refractivity contribution in [2.45, 2.75) is 20.3 Å². The molecule has 0 spiro atoms. The van der Waals surface area contributed by atoms with Gasteiger partial charge in [0.25, 0.3) is 5.91 Å². The number of carbonyl (C=O) groups is 1. The first-order valence-corrected chi connectivity index (χ1v) is 8.37. The Morgan fingerprint density at radius 3 is 2.77 bits per heavy atom. The predicted molar refractivity (Wildman–Crippen MR) is 101 cm³/mol. The second-order valence-corrected chi connectivity index (χ2v) is 5.71. The lowest BCUT2D eigenvalue weighted by Crippen LogP contribution is -2.23. The first-order chi connectivity index (χ1) is 12.6. The number of halogens is 1. The molecule has 0 heterocycles. The summed E-state index contributed by atoms with van der Waals surface area (Å²) in [7, 11) is 0. The lowest BCUT2D eigenvalue weighted by Gasteiger charge is -2.22. The number of amides is 1. The molecule has 0 fully saturated rings. The summed E-state index contributed by atoms with van der Waals surface area (Å²) in [5.41, 5.74) is 5.16. The molecule has 0 aliphatic heterocycles. The average molecular weight is 352 g/mol. The molecular weight excluding hydrogens is 331 g/mol.